The van der Waals surface area contributed by atoms with Gasteiger partial charge in [-0.25, -0.2) is 14.4 Å². The summed E-state index contributed by atoms with van der Waals surface area (Å²) >= 11 is 1.51. The Morgan fingerprint density at radius 3 is 2.71 bits per heavy atom. The molecule has 3 rings (SSSR count). The first-order valence-electron chi connectivity index (χ1n) is 7.48. The van der Waals surface area contributed by atoms with Crippen molar-refractivity contribution in [1.29, 1.82) is 0 Å². The average molecular weight is 344 g/mol. The number of fused-ring (bicyclic) bond motifs is 1. The fourth-order valence-electron chi connectivity index (χ4n) is 2.36. The summed E-state index contributed by atoms with van der Waals surface area (Å²) in [5, 5.41) is 6.10. The summed E-state index contributed by atoms with van der Waals surface area (Å²) in [6, 6.07) is 6.35. The molecule has 0 aliphatic rings. The maximum Gasteiger partial charge on any atom is 0.223 e. The van der Waals surface area contributed by atoms with Crippen LogP contribution in [0.4, 0.5) is 10.2 Å². The Morgan fingerprint density at radius 1 is 1.25 bits per heavy atom. The lowest BCUT2D eigenvalue weighted by Crippen LogP contribution is -2.24. The van der Waals surface area contributed by atoms with E-state index in [0.717, 1.165) is 21.3 Å². The third-order valence-corrected chi connectivity index (χ3v) is 4.54. The van der Waals surface area contributed by atoms with Gasteiger partial charge in [-0.15, -0.1) is 11.3 Å². The van der Waals surface area contributed by atoms with Gasteiger partial charge in [0.25, 0.3) is 0 Å². The second kappa shape index (κ2) is 6.92. The van der Waals surface area contributed by atoms with Crippen LogP contribution in [0.3, 0.4) is 0 Å². The number of nitrogens with zero attached hydrogens (tertiary/aromatic N) is 3. The molecule has 0 aliphatic carbocycles. The highest BCUT2D eigenvalue weighted by atomic mass is 32.1. The van der Waals surface area contributed by atoms with Gasteiger partial charge in [-0.2, -0.15) is 0 Å². The highest BCUT2D eigenvalue weighted by Gasteiger charge is 2.13. The number of rotatable bonds is 5. The van der Waals surface area contributed by atoms with Crippen molar-refractivity contribution in [2.24, 2.45) is 0 Å². The van der Waals surface area contributed by atoms with Crippen molar-refractivity contribution in [3.63, 3.8) is 0 Å². The molecular weight excluding hydrogens is 327 g/mol. The van der Waals surface area contributed by atoms with Gasteiger partial charge in [-0.3, -0.25) is 4.79 Å². The second-order valence-electron chi connectivity index (χ2n) is 5.52. The molecule has 1 N–H and O–H groups in total. The lowest BCUT2D eigenvalue weighted by Gasteiger charge is -2.11. The van der Waals surface area contributed by atoms with Gasteiger partial charge in [-0.05, 0) is 17.7 Å². The molecular formula is C17H17FN4OS. The van der Waals surface area contributed by atoms with Gasteiger partial charge in [-0.1, -0.05) is 12.1 Å². The zero-order valence-electron chi connectivity index (χ0n) is 13.4. The Balaban J connectivity index is 1.90. The SMILES string of the molecule is CN(C)C(=O)CCNc1ncnc2scc(-c3ccc(F)cc3)c12. The number of thiophene rings is 1. The number of nitrogens with one attached hydrogen (secondary N) is 1. The standard InChI is InChI=1S/C17H17FN4OS/c1-22(2)14(23)7-8-19-16-15-13(9-24-17(15)21-10-20-16)11-3-5-12(18)6-4-11/h3-6,9-10H,7-8H2,1-2H3,(H,19,20,21). The van der Waals surface area contributed by atoms with Crippen LogP contribution in [0.2, 0.25) is 0 Å². The number of anilines is 1. The van der Waals surface area contributed by atoms with Gasteiger partial charge in [0.05, 0.1) is 5.39 Å². The molecule has 1 amide bonds. The van der Waals surface area contributed by atoms with Gasteiger partial charge < -0.3 is 10.2 Å². The van der Waals surface area contributed by atoms with Crippen LogP contribution in [0, 0.1) is 5.82 Å². The molecule has 24 heavy (non-hydrogen) atoms. The first kappa shape index (κ1) is 16.3. The van der Waals surface area contributed by atoms with Crippen LogP contribution in [0.1, 0.15) is 6.42 Å². The largest absolute Gasteiger partial charge is 0.369 e. The fraction of sp³-hybridized carbons (Fsp3) is 0.235. The number of hydrogen-bond acceptors (Lipinski definition) is 5. The molecule has 0 fully saturated rings. The van der Waals surface area contributed by atoms with Gasteiger partial charge in [0.1, 0.15) is 22.8 Å². The molecule has 0 unspecified atom stereocenters. The fourth-order valence-corrected chi connectivity index (χ4v) is 3.28. The molecule has 1 aromatic carbocycles. The van der Waals surface area contributed by atoms with E-state index in [1.165, 1.54) is 29.8 Å². The number of benzene rings is 1. The van der Waals surface area contributed by atoms with Crippen LogP contribution in [0.15, 0.2) is 36.0 Å². The maximum atomic E-state index is 13.2. The number of carbonyl (C=O) groups is 1. The van der Waals surface area contributed by atoms with E-state index in [4.69, 9.17) is 0 Å². The van der Waals surface area contributed by atoms with Crippen molar-refractivity contribution in [3.05, 3.63) is 41.8 Å². The van der Waals surface area contributed by atoms with E-state index in [1.807, 2.05) is 5.38 Å². The Hall–Kier alpha value is -2.54. The van der Waals surface area contributed by atoms with Crippen LogP contribution in [0.25, 0.3) is 21.3 Å². The van der Waals surface area contributed by atoms with Crippen LogP contribution >= 0.6 is 11.3 Å². The van der Waals surface area contributed by atoms with Crippen LogP contribution in [0.5, 0.6) is 0 Å². The number of amides is 1. The minimum Gasteiger partial charge on any atom is -0.369 e. The summed E-state index contributed by atoms with van der Waals surface area (Å²) < 4.78 is 13.2. The van der Waals surface area contributed by atoms with Gasteiger partial charge in [0.15, 0.2) is 0 Å². The summed E-state index contributed by atoms with van der Waals surface area (Å²) in [5.41, 5.74) is 1.86. The Labute approximate surface area is 143 Å². The summed E-state index contributed by atoms with van der Waals surface area (Å²) in [6.45, 7) is 0.488. The summed E-state index contributed by atoms with van der Waals surface area (Å²) in [7, 11) is 3.47. The molecule has 0 aliphatic heterocycles. The molecule has 3 aromatic rings. The summed E-state index contributed by atoms with van der Waals surface area (Å²) in [4.78, 5) is 22.7. The normalized spacial score (nSPS) is 10.8. The van der Waals surface area contributed by atoms with Gasteiger partial charge in [0, 0.05) is 38.0 Å². The van der Waals surface area contributed by atoms with E-state index in [-0.39, 0.29) is 11.7 Å². The highest BCUT2D eigenvalue weighted by molar-refractivity contribution is 7.17. The minimum atomic E-state index is -0.268. The molecule has 2 aromatic heterocycles. The second-order valence-corrected chi connectivity index (χ2v) is 6.38. The lowest BCUT2D eigenvalue weighted by molar-refractivity contribution is -0.128. The quantitative estimate of drug-likeness (QED) is 0.771. The van der Waals surface area contributed by atoms with E-state index in [2.05, 4.69) is 15.3 Å². The summed E-state index contributed by atoms with van der Waals surface area (Å²) in [6.07, 6.45) is 1.89. The average Bonchev–Trinajstić information content (AvgIpc) is 3.00. The van der Waals surface area contributed by atoms with Gasteiger partial charge >= 0.3 is 0 Å². The Kier molecular flexibility index (Phi) is 4.71. The highest BCUT2D eigenvalue weighted by Crippen LogP contribution is 2.36. The van der Waals surface area contributed by atoms with E-state index >= 15 is 0 Å². The zero-order chi connectivity index (χ0) is 17.1. The van der Waals surface area contributed by atoms with Crippen molar-refractivity contribution >= 4 is 33.3 Å². The minimum absolute atomic E-state index is 0.0527. The number of aromatic nitrogens is 2. The Bertz CT molecular complexity index is 861. The predicted octanol–water partition coefficient (Wildman–Crippen LogP) is 3.39. The maximum absolute atomic E-state index is 13.2. The lowest BCUT2D eigenvalue weighted by atomic mass is 10.1. The van der Waals surface area contributed by atoms with E-state index in [0.29, 0.717) is 18.8 Å². The third kappa shape index (κ3) is 3.35. The molecule has 5 nitrogen and oxygen atoms in total. The molecule has 0 saturated heterocycles. The smallest absolute Gasteiger partial charge is 0.223 e. The van der Waals surface area contributed by atoms with Crippen LogP contribution < -0.4 is 5.32 Å². The molecule has 0 saturated carbocycles. The van der Waals surface area contributed by atoms with Crippen molar-refractivity contribution < 1.29 is 9.18 Å². The molecule has 7 heteroatoms. The van der Waals surface area contributed by atoms with Crippen LogP contribution in [-0.4, -0.2) is 41.4 Å². The number of halogens is 1. The number of carbonyl (C=O) groups excluding carboxylic acids is 1. The molecule has 0 radical (unpaired) electrons. The van der Waals surface area contributed by atoms with Crippen LogP contribution in [-0.2, 0) is 4.79 Å². The monoisotopic (exact) mass is 344 g/mol. The first-order valence-corrected chi connectivity index (χ1v) is 8.36. The molecule has 0 spiro atoms. The van der Waals surface area contributed by atoms with Crippen molar-refractivity contribution in [2.45, 2.75) is 6.42 Å². The molecule has 0 bridgehead atoms. The topological polar surface area (TPSA) is 58.1 Å². The predicted molar refractivity (Wildman–Crippen MR) is 94.6 cm³/mol. The summed E-state index contributed by atoms with van der Waals surface area (Å²) in [5.74, 6) is 0.471. The zero-order valence-corrected chi connectivity index (χ0v) is 14.2. The molecule has 2 heterocycles. The van der Waals surface area contributed by atoms with Crippen molar-refractivity contribution in [2.75, 3.05) is 26.0 Å². The van der Waals surface area contributed by atoms with Crippen molar-refractivity contribution in [1.82, 2.24) is 14.9 Å². The van der Waals surface area contributed by atoms with E-state index in [9.17, 15) is 9.18 Å². The first-order chi connectivity index (χ1) is 11.6. The van der Waals surface area contributed by atoms with Gasteiger partial charge in [0.2, 0.25) is 5.91 Å². The number of hydrogen-bond donors (Lipinski definition) is 1. The molecule has 124 valence electrons. The van der Waals surface area contributed by atoms with E-state index < -0.39 is 0 Å². The Morgan fingerprint density at radius 2 is 2.00 bits per heavy atom. The molecule has 0 atom stereocenters. The third-order valence-electron chi connectivity index (χ3n) is 3.66. The van der Waals surface area contributed by atoms with E-state index in [1.54, 1.807) is 31.1 Å². The van der Waals surface area contributed by atoms with Crippen molar-refractivity contribution in [3.8, 4) is 11.1 Å².